The molecule has 5 heteroatoms. The second-order valence-corrected chi connectivity index (χ2v) is 8.72. The number of methoxy groups -OCH3 is 1. The molecule has 1 saturated heterocycles. The van der Waals surface area contributed by atoms with Gasteiger partial charge in [0.2, 0.25) is 0 Å². The maximum Gasteiger partial charge on any atom is 0.277 e. The molecule has 2 aliphatic rings. The second kappa shape index (κ2) is 9.09. The van der Waals surface area contributed by atoms with E-state index in [9.17, 15) is 4.79 Å². The summed E-state index contributed by atoms with van der Waals surface area (Å²) in [5, 5.41) is 0. The lowest BCUT2D eigenvalue weighted by Crippen LogP contribution is -3.13. The summed E-state index contributed by atoms with van der Waals surface area (Å²) in [6.07, 6.45) is 2.47. The highest BCUT2D eigenvalue weighted by Crippen LogP contribution is 2.24. The number of nitrogens with one attached hydrogen (secondary N) is 1. The Bertz CT molecular complexity index is 868. The van der Waals surface area contributed by atoms with Crippen molar-refractivity contribution in [1.29, 1.82) is 0 Å². The number of benzene rings is 2. The number of quaternary nitrogens is 1. The maximum absolute atomic E-state index is 13.1. The van der Waals surface area contributed by atoms with Gasteiger partial charge in [0.1, 0.15) is 12.3 Å². The number of hydrogen-bond acceptors (Lipinski definition) is 3. The molecule has 0 spiro atoms. The zero-order valence-corrected chi connectivity index (χ0v) is 18.5. The van der Waals surface area contributed by atoms with Crippen LogP contribution in [0.3, 0.4) is 0 Å². The predicted octanol–water partition coefficient (Wildman–Crippen LogP) is 2.21. The average Bonchev–Trinajstić information content (AvgIpc) is 3.61. The molecule has 5 nitrogen and oxygen atoms in total. The van der Waals surface area contributed by atoms with Crippen LogP contribution >= 0.6 is 0 Å². The van der Waals surface area contributed by atoms with Crippen LogP contribution in [0, 0.1) is 13.8 Å². The van der Waals surface area contributed by atoms with Crippen molar-refractivity contribution in [1.82, 2.24) is 4.90 Å². The number of carbonyl (C=O) groups is 1. The second-order valence-electron chi connectivity index (χ2n) is 8.72. The molecule has 160 valence electrons. The Morgan fingerprint density at radius 2 is 1.73 bits per heavy atom. The summed E-state index contributed by atoms with van der Waals surface area (Å²) in [7, 11) is 1.69. The molecule has 2 fully saturated rings. The van der Waals surface area contributed by atoms with Gasteiger partial charge in [-0.2, -0.15) is 0 Å². The van der Waals surface area contributed by atoms with Gasteiger partial charge in [-0.15, -0.1) is 0 Å². The minimum absolute atomic E-state index is 0.297. The number of amides is 1. The standard InChI is InChI=1S/C25H33N3O2/c1-19-5-4-6-24(20(19)2)26-13-15-27(16-14-26)25(29)18-28(22-9-10-22)17-21-7-11-23(30-3)12-8-21/h4-8,11-12,22H,9-10,13-18H2,1-3H3/p+1. The molecule has 0 bridgehead atoms. The van der Waals surface area contributed by atoms with E-state index in [1.165, 1.54) is 40.1 Å². The molecule has 1 saturated carbocycles. The van der Waals surface area contributed by atoms with Crippen LogP contribution < -0.4 is 14.5 Å². The summed E-state index contributed by atoms with van der Waals surface area (Å²) in [5.74, 6) is 1.18. The largest absolute Gasteiger partial charge is 0.497 e. The Labute approximate surface area is 180 Å². The van der Waals surface area contributed by atoms with Crippen molar-refractivity contribution in [3.63, 3.8) is 0 Å². The van der Waals surface area contributed by atoms with E-state index in [2.05, 4.69) is 54.0 Å². The highest BCUT2D eigenvalue weighted by atomic mass is 16.5. The number of nitrogens with zero attached hydrogens (tertiary/aromatic N) is 2. The zero-order valence-electron chi connectivity index (χ0n) is 18.5. The SMILES string of the molecule is COc1ccc(C[NH+](CC(=O)N2CCN(c3cccc(C)c3C)CC2)C2CC2)cc1. The lowest BCUT2D eigenvalue weighted by atomic mass is 10.1. The molecule has 2 aromatic rings. The first kappa shape index (κ1) is 20.7. The van der Waals surface area contributed by atoms with Gasteiger partial charge in [0, 0.05) is 50.3 Å². The third-order valence-corrected chi connectivity index (χ3v) is 6.67. The highest BCUT2D eigenvalue weighted by molar-refractivity contribution is 5.77. The van der Waals surface area contributed by atoms with E-state index in [-0.39, 0.29) is 0 Å². The van der Waals surface area contributed by atoms with Crippen LogP contribution in [0.2, 0.25) is 0 Å². The number of hydrogen-bond donors (Lipinski definition) is 1. The van der Waals surface area contributed by atoms with E-state index < -0.39 is 0 Å². The average molecular weight is 409 g/mol. The maximum atomic E-state index is 13.1. The molecule has 1 unspecified atom stereocenters. The third kappa shape index (κ3) is 4.78. The van der Waals surface area contributed by atoms with Gasteiger partial charge >= 0.3 is 0 Å². The van der Waals surface area contributed by atoms with Gasteiger partial charge in [-0.1, -0.05) is 12.1 Å². The van der Waals surface area contributed by atoms with Crippen molar-refractivity contribution in [2.24, 2.45) is 0 Å². The van der Waals surface area contributed by atoms with Crippen molar-refractivity contribution < 1.29 is 14.4 Å². The number of rotatable bonds is 7. The van der Waals surface area contributed by atoms with E-state index in [1.807, 2.05) is 12.1 Å². The molecule has 1 N–H and O–H groups in total. The van der Waals surface area contributed by atoms with Gasteiger partial charge in [0.05, 0.1) is 13.2 Å². The summed E-state index contributed by atoms with van der Waals surface area (Å²) in [6.45, 7) is 9.30. The number of aryl methyl sites for hydroxylation is 1. The number of piperazine rings is 1. The minimum atomic E-state index is 0.297. The minimum Gasteiger partial charge on any atom is -0.497 e. The van der Waals surface area contributed by atoms with Crippen LogP contribution in [-0.2, 0) is 11.3 Å². The van der Waals surface area contributed by atoms with E-state index in [0.29, 0.717) is 18.5 Å². The van der Waals surface area contributed by atoms with Crippen molar-refractivity contribution in [2.45, 2.75) is 39.3 Å². The van der Waals surface area contributed by atoms with Crippen LogP contribution in [-0.4, -0.2) is 56.7 Å². The van der Waals surface area contributed by atoms with Gasteiger partial charge in [0.15, 0.2) is 6.54 Å². The molecule has 0 radical (unpaired) electrons. The molecule has 1 heterocycles. The fourth-order valence-electron chi connectivity index (χ4n) is 4.43. The Balaban J connectivity index is 1.33. The van der Waals surface area contributed by atoms with Crippen LogP contribution in [0.1, 0.15) is 29.5 Å². The topological polar surface area (TPSA) is 37.2 Å². The normalized spacial score (nSPS) is 17.7. The summed E-state index contributed by atoms with van der Waals surface area (Å²) in [5.41, 5.74) is 5.26. The molecule has 1 amide bonds. The van der Waals surface area contributed by atoms with Crippen LogP contribution in [0.5, 0.6) is 5.75 Å². The molecule has 30 heavy (non-hydrogen) atoms. The van der Waals surface area contributed by atoms with E-state index in [0.717, 1.165) is 38.5 Å². The van der Waals surface area contributed by atoms with Gasteiger partial charge in [0.25, 0.3) is 5.91 Å². The van der Waals surface area contributed by atoms with Crippen molar-refractivity contribution in [2.75, 3.05) is 44.7 Å². The summed E-state index contributed by atoms with van der Waals surface area (Å²) < 4.78 is 5.26. The molecule has 0 aromatic heterocycles. The third-order valence-electron chi connectivity index (χ3n) is 6.67. The summed E-state index contributed by atoms with van der Waals surface area (Å²) in [6, 6.07) is 15.4. The summed E-state index contributed by atoms with van der Waals surface area (Å²) in [4.78, 5) is 19.0. The van der Waals surface area contributed by atoms with E-state index in [4.69, 9.17) is 4.74 Å². The monoisotopic (exact) mass is 408 g/mol. The molecular weight excluding hydrogens is 374 g/mol. The van der Waals surface area contributed by atoms with Crippen molar-refractivity contribution in [3.8, 4) is 5.75 Å². The first-order valence-corrected chi connectivity index (χ1v) is 11.1. The highest BCUT2D eigenvalue weighted by Gasteiger charge is 2.36. The van der Waals surface area contributed by atoms with E-state index in [1.54, 1.807) is 7.11 Å². The van der Waals surface area contributed by atoms with Gasteiger partial charge in [-0.05, 0) is 55.3 Å². The first-order chi connectivity index (χ1) is 14.5. The lowest BCUT2D eigenvalue weighted by molar-refractivity contribution is -0.917. The number of carbonyl (C=O) groups excluding carboxylic acids is 1. The van der Waals surface area contributed by atoms with Gasteiger partial charge in [-0.3, -0.25) is 4.79 Å². The fourth-order valence-corrected chi connectivity index (χ4v) is 4.43. The van der Waals surface area contributed by atoms with Crippen LogP contribution in [0.4, 0.5) is 5.69 Å². The predicted molar refractivity (Wildman–Crippen MR) is 120 cm³/mol. The lowest BCUT2D eigenvalue weighted by Gasteiger charge is -2.37. The molecule has 1 aliphatic heterocycles. The number of ether oxygens (including phenoxy) is 1. The molecule has 2 aromatic carbocycles. The quantitative estimate of drug-likeness (QED) is 0.763. The Kier molecular flexibility index (Phi) is 6.28. The Morgan fingerprint density at radius 1 is 1.03 bits per heavy atom. The molecule has 1 atom stereocenters. The van der Waals surface area contributed by atoms with E-state index >= 15 is 0 Å². The Hall–Kier alpha value is -2.53. The smallest absolute Gasteiger partial charge is 0.277 e. The fraction of sp³-hybridized carbons (Fsp3) is 0.480. The first-order valence-electron chi connectivity index (χ1n) is 11.1. The van der Waals surface area contributed by atoms with Crippen LogP contribution in [0.15, 0.2) is 42.5 Å². The Morgan fingerprint density at radius 3 is 2.37 bits per heavy atom. The molecular formula is C25H34N3O2+. The van der Waals surface area contributed by atoms with Crippen LogP contribution in [0.25, 0.3) is 0 Å². The number of anilines is 1. The molecule has 4 rings (SSSR count). The molecule has 1 aliphatic carbocycles. The summed E-state index contributed by atoms with van der Waals surface area (Å²) >= 11 is 0. The van der Waals surface area contributed by atoms with Gasteiger partial charge < -0.3 is 19.4 Å². The van der Waals surface area contributed by atoms with Crippen molar-refractivity contribution in [3.05, 3.63) is 59.2 Å². The zero-order chi connectivity index (χ0) is 21.1. The van der Waals surface area contributed by atoms with Crippen molar-refractivity contribution >= 4 is 11.6 Å². The van der Waals surface area contributed by atoms with Gasteiger partial charge in [-0.25, -0.2) is 0 Å².